The molecule has 2 rings (SSSR count). The van der Waals surface area contributed by atoms with Gasteiger partial charge in [0, 0.05) is 19.4 Å². The van der Waals surface area contributed by atoms with Crippen molar-refractivity contribution in [2.75, 3.05) is 12.4 Å². The number of nitrogens with zero attached hydrogens (tertiary/aromatic N) is 4. The average molecular weight is 322 g/mol. The molecule has 18 heavy (non-hydrogen) atoms. The van der Waals surface area contributed by atoms with Gasteiger partial charge >= 0.3 is 6.18 Å². The summed E-state index contributed by atoms with van der Waals surface area (Å²) in [5.41, 5.74) is -0.973. The Kier molecular flexibility index (Phi) is 3.24. The molecule has 0 bridgehead atoms. The van der Waals surface area contributed by atoms with Crippen molar-refractivity contribution in [3.05, 3.63) is 28.6 Å². The van der Waals surface area contributed by atoms with E-state index < -0.39 is 11.9 Å². The second kappa shape index (κ2) is 4.56. The zero-order chi connectivity index (χ0) is 13.3. The molecule has 96 valence electrons. The lowest BCUT2D eigenvalue weighted by atomic mass is 10.4. The fraction of sp³-hybridized carbons (Fsp3) is 0.222. The Morgan fingerprint density at radius 3 is 2.67 bits per heavy atom. The molecule has 0 spiro atoms. The van der Waals surface area contributed by atoms with Crippen LogP contribution < -0.4 is 5.32 Å². The first kappa shape index (κ1) is 12.8. The molecule has 2 aromatic rings. The van der Waals surface area contributed by atoms with Crippen LogP contribution in [0.1, 0.15) is 5.69 Å². The minimum Gasteiger partial charge on any atom is -0.357 e. The molecule has 0 saturated carbocycles. The largest absolute Gasteiger partial charge is 0.435 e. The van der Waals surface area contributed by atoms with Crippen molar-refractivity contribution in [2.45, 2.75) is 6.18 Å². The van der Waals surface area contributed by atoms with Crippen LogP contribution in [-0.4, -0.2) is 26.8 Å². The van der Waals surface area contributed by atoms with Crippen LogP contribution in [-0.2, 0) is 6.18 Å². The van der Waals surface area contributed by atoms with E-state index in [1.165, 1.54) is 12.4 Å². The summed E-state index contributed by atoms with van der Waals surface area (Å²) < 4.78 is 38.8. The van der Waals surface area contributed by atoms with E-state index in [2.05, 4.69) is 36.3 Å². The Hall–Kier alpha value is -1.64. The van der Waals surface area contributed by atoms with Crippen LogP contribution in [0.25, 0.3) is 5.82 Å². The number of nitrogens with one attached hydrogen (secondary N) is 1. The molecule has 0 fully saturated rings. The van der Waals surface area contributed by atoms with Crippen LogP contribution in [0.3, 0.4) is 0 Å². The van der Waals surface area contributed by atoms with Gasteiger partial charge in [-0.05, 0) is 22.0 Å². The molecule has 0 unspecified atom stereocenters. The molecule has 0 aliphatic rings. The highest BCUT2D eigenvalue weighted by atomic mass is 79.9. The molecular formula is C9H7BrF3N5. The molecule has 5 nitrogen and oxygen atoms in total. The smallest absolute Gasteiger partial charge is 0.357 e. The van der Waals surface area contributed by atoms with E-state index >= 15 is 0 Å². The van der Waals surface area contributed by atoms with Crippen LogP contribution in [0, 0.1) is 0 Å². The van der Waals surface area contributed by atoms with Gasteiger partial charge in [0.1, 0.15) is 0 Å². The number of rotatable bonds is 2. The van der Waals surface area contributed by atoms with E-state index in [0.29, 0.717) is 4.47 Å². The van der Waals surface area contributed by atoms with Gasteiger partial charge in [0.2, 0.25) is 5.95 Å². The van der Waals surface area contributed by atoms with Crippen molar-refractivity contribution in [3.8, 4) is 5.82 Å². The van der Waals surface area contributed by atoms with E-state index in [1.807, 2.05) is 0 Å². The summed E-state index contributed by atoms with van der Waals surface area (Å²) in [5, 5.41) is 6.13. The third-order valence-corrected chi connectivity index (χ3v) is 2.61. The average Bonchev–Trinajstić information content (AvgIpc) is 2.78. The predicted octanol–water partition coefficient (Wildman–Crippen LogP) is 2.49. The summed E-state index contributed by atoms with van der Waals surface area (Å²) in [7, 11) is 1.61. The zero-order valence-electron chi connectivity index (χ0n) is 9.03. The molecule has 1 N–H and O–H groups in total. The highest BCUT2D eigenvalue weighted by Crippen LogP contribution is 2.28. The normalized spacial score (nSPS) is 11.6. The maximum atomic E-state index is 12.4. The summed E-state index contributed by atoms with van der Waals surface area (Å²) in [6, 6.07) is 0.883. The molecule has 0 saturated heterocycles. The second-order valence-corrected chi connectivity index (χ2v) is 4.11. The third-order valence-electron chi connectivity index (χ3n) is 2.05. The molecule has 0 radical (unpaired) electrons. The van der Waals surface area contributed by atoms with Gasteiger partial charge in [-0.2, -0.15) is 23.3 Å². The SMILES string of the molecule is CNc1ncc(Br)c(-n2ccc(C(F)(F)F)n2)n1. The van der Waals surface area contributed by atoms with E-state index in [9.17, 15) is 13.2 Å². The summed E-state index contributed by atoms with van der Waals surface area (Å²) in [6.07, 6.45) is -1.85. The number of halogens is 4. The summed E-state index contributed by atoms with van der Waals surface area (Å²) >= 11 is 3.16. The molecule has 0 atom stereocenters. The van der Waals surface area contributed by atoms with Crippen molar-refractivity contribution < 1.29 is 13.2 Å². The van der Waals surface area contributed by atoms with Gasteiger partial charge in [0.05, 0.1) is 4.47 Å². The quantitative estimate of drug-likeness (QED) is 0.923. The molecule has 0 amide bonds. The maximum Gasteiger partial charge on any atom is 0.435 e. The van der Waals surface area contributed by atoms with Crippen LogP contribution in [0.5, 0.6) is 0 Å². The minimum atomic E-state index is -4.48. The molecule has 0 aromatic carbocycles. The molecule has 0 aliphatic carbocycles. The van der Waals surface area contributed by atoms with Gasteiger partial charge in [0.25, 0.3) is 0 Å². The van der Waals surface area contributed by atoms with Gasteiger partial charge in [-0.3, -0.25) is 0 Å². The first-order chi connectivity index (χ1) is 8.41. The highest BCUT2D eigenvalue weighted by Gasteiger charge is 2.33. The van der Waals surface area contributed by atoms with Gasteiger partial charge in [-0.15, -0.1) is 0 Å². The third kappa shape index (κ3) is 2.45. The van der Waals surface area contributed by atoms with E-state index in [4.69, 9.17) is 0 Å². The lowest BCUT2D eigenvalue weighted by Gasteiger charge is -2.06. The number of alkyl halides is 3. The molecule has 9 heteroatoms. The van der Waals surface area contributed by atoms with Crippen molar-refractivity contribution in [3.63, 3.8) is 0 Å². The first-order valence-corrected chi connectivity index (χ1v) is 5.54. The number of hydrogen-bond donors (Lipinski definition) is 1. The topological polar surface area (TPSA) is 55.6 Å². The Morgan fingerprint density at radius 2 is 2.11 bits per heavy atom. The summed E-state index contributed by atoms with van der Waals surface area (Å²) in [6.45, 7) is 0. The van der Waals surface area contributed by atoms with Crippen molar-refractivity contribution in [2.24, 2.45) is 0 Å². The molecule has 0 aliphatic heterocycles. The van der Waals surface area contributed by atoms with E-state index in [0.717, 1.165) is 10.7 Å². The molecular weight excluding hydrogens is 315 g/mol. The molecule has 2 aromatic heterocycles. The standard InChI is InChI=1S/C9H7BrF3N5/c1-14-8-15-4-5(10)7(16-8)18-3-2-6(17-18)9(11,12)13/h2-4H,1H3,(H,14,15,16). The fourth-order valence-corrected chi connectivity index (χ4v) is 1.61. The number of anilines is 1. The van der Waals surface area contributed by atoms with Crippen molar-refractivity contribution in [1.82, 2.24) is 19.7 Å². The highest BCUT2D eigenvalue weighted by molar-refractivity contribution is 9.10. The lowest BCUT2D eigenvalue weighted by Crippen LogP contribution is -2.09. The predicted molar refractivity (Wildman–Crippen MR) is 61.4 cm³/mol. The van der Waals surface area contributed by atoms with Crippen molar-refractivity contribution >= 4 is 21.9 Å². The zero-order valence-corrected chi connectivity index (χ0v) is 10.6. The van der Waals surface area contributed by atoms with E-state index in [-0.39, 0.29) is 11.8 Å². The summed E-state index contributed by atoms with van der Waals surface area (Å²) in [4.78, 5) is 7.93. The monoisotopic (exact) mass is 321 g/mol. The Morgan fingerprint density at radius 1 is 1.39 bits per heavy atom. The van der Waals surface area contributed by atoms with Crippen LogP contribution in [0.4, 0.5) is 19.1 Å². The first-order valence-electron chi connectivity index (χ1n) is 4.75. The van der Waals surface area contributed by atoms with Crippen LogP contribution in [0.2, 0.25) is 0 Å². The Labute approximate surface area is 108 Å². The summed E-state index contributed by atoms with van der Waals surface area (Å²) in [5.74, 6) is 0.516. The van der Waals surface area contributed by atoms with Gasteiger partial charge in [-0.1, -0.05) is 0 Å². The van der Waals surface area contributed by atoms with Gasteiger partial charge < -0.3 is 5.32 Å². The Bertz CT molecular complexity index is 566. The van der Waals surface area contributed by atoms with Gasteiger partial charge in [0.15, 0.2) is 11.5 Å². The van der Waals surface area contributed by atoms with Crippen LogP contribution in [0.15, 0.2) is 22.9 Å². The van der Waals surface area contributed by atoms with Crippen molar-refractivity contribution in [1.29, 1.82) is 0 Å². The maximum absolute atomic E-state index is 12.4. The van der Waals surface area contributed by atoms with Gasteiger partial charge in [-0.25, -0.2) is 9.67 Å². The Balaban J connectivity index is 2.45. The second-order valence-electron chi connectivity index (χ2n) is 3.26. The number of aromatic nitrogens is 4. The fourth-order valence-electron chi connectivity index (χ4n) is 1.23. The van der Waals surface area contributed by atoms with E-state index in [1.54, 1.807) is 7.05 Å². The number of hydrogen-bond acceptors (Lipinski definition) is 4. The van der Waals surface area contributed by atoms with Crippen LogP contribution >= 0.6 is 15.9 Å². The lowest BCUT2D eigenvalue weighted by molar-refractivity contribution is -0.141. The molecule has 2 heterocycles. The minimum absolute atomic E-state index is 0.227.